The van der Waals surface area contributed by atoms with Gasteiger partial charge in [0, 0.05) is 22.0 Å². The normalized spacial score (nSPS) is 10.4. The zero-order valence-electron chi connectivity index (χ0n) is 13.9. The van der Waals surface area contributed by atoms with E-state index >= 15 is 0 Å². The van der Waals surface area contributed by atoms with Crippen LogP contribution in [0.3, 0.4) is 0 Å². The quantitative estimate of drug-likeness (QED) is 0.661. The van der Waals surface area contributed by atoms with Gasteiger partial charge in [-0.1, -0.05) is 34.1 Å². The van der Waals surface area contributed by atoms with Crippen LogP contribution >= 0.6 is 15.9 Å². The van der Waals surface area contributed by atoms with Crippen LogP contribution in [0.2, 0.25) is 0 Å². The lowest BCUT2D eigenvalue weighted by molar-refractivity contribution is 0.102. The third-order valence-electron chi connectivity index (χ3n) is 3.71. The predicted molar refractivity (Wildman–Crippen MR) is 103 cm³/mol. The first-order valence-corrected chi connectivity index (χ1v) is 8.55. The Balaban J connectivity index is 1.79. The summed E-state index contributed by atoms with van der Waals surface area (Å²) >= 11 is 3.37. The van der Waals surface area contributed by atoms with Gasteiger partial charge in [0.1, 0.15) is 5.69 Å². The van der Waals surface area contributed by atoms with Crippen LogP contribution in [-0.2, 0) is 0 Å². The minimum atomic E-state index is -0.283. The number of aromatic nitrogens is 2. The van der Waals surface area contributed by atoms with Gasteiger partial charge in [0.05, 0.1) is 0 Å². The number of hydrogen-bond acceptors (Lipinski definition) is 4. The molecule has 6 heteroatoms. The van der Waals surface area contributed by atoms with E-state index in [4.69, 9.17) is 0 Å². The number of nitrogens with zero attached hydrogens (tertiary/aromatic N) is 2. The summed E-state index contributed by atoms with van der Waals surface area (Å²) in [7, 11) is 0. The van der Waals surface area contributed by atoms with Gasteiger partial charge in [-0.05, 0) is 55.3 Å². The third kappa shape index (κ3) is 4.22. The van der Waals surface area contributed by atoms with Gasteiger partial charge in [0.15, 0.2) is 0 Å². The van der Waals surface area contributed by atoms with Gasteiger partial charge in [0.2, 0.25) is 5.95 Å². The molecule has 0 radical (unpaired) electrons. The molecule has 0 saturated carbocycles. The van der Waals surface area contributed by atoms with E-state index in [0.29, 0.717) is 17.3 Å². The minimum absolute atomic E-state index is 0.283. The lowest BCUT2D eigenvalue weighted by Gasteiger charge is -2.12. The van der Waals surface area contributed by atoms with Crippen LogP contribution in [0.1, 0.15) is 21.6 Å². The molecule has 0 fully saturated rings. The second kappa shape index (κ2) is 7.44. The number of aryl methyl sites for hydroxylation is 2. The average Bonchev–Trinajstić information content (AvgIpc) is 2.60. The maximum atomic E-state index is 12.4. The van der Waals surface area contributed by atoms with Crippen LogP contribution in [0.25, 0.3) is 0 Å². The average molecular weight is 397 g/mol. The fourth-order valence-corrected chi connectivity index (χ4v) is 2.66. The molecule has 25 heavy (non-hydrogen) atoms. The van der Waals surface area contributed by atoms with Crippen molar-refractivity contribution in [3.8, 4) is 0 Å². The number of carbonyl (C=O) groups is 1. The highest BCUT2D eigenvalue weighted by Crippen LogP contribution is 2.22. The minimum Gasteiger partial charge on any atom is -0.324 e. The first-order chi connectivity index (χ1) is 12.0. The van der Waals surface area contributed by atoms with Gasteiger partial charge in [-0.15, -0.1) is 0 Å². The molecule has 2 aromatic carbocycles. The number of rotatable bonds is 4. The molecule has 3 aromatic rings. The van der Waals surface area contributed by atoms with Crippen molar-refractivity contribution in [1.29, 1.82) is 0 Å². The van der Waals surface area contributed by atoms with Crippen LogP contribution in [0, 0.1) is 13.8 Å². The summed E-state index contributed by atoms with van der Waals surface area (Å²) in [5.41, 5.74) is 4.14. The van der Waals surface area contributed by atoms with Crippen molar-refractivity contribution in [2.24, 2.45) is 0 Å². The molecule has 0 unspecified atom stereocenters. The van der Waals surface area contributed by atoms with Crippen LogP contribution in [0.5, 0.6) is 0 Å². The molecule has 2 N–H and O–H groups in total. The van der Waals surface area contributed by atoms with Gasteiger partial charge < -0.3 is 10.6 Å². The van der Waals surface area contributed by atoms with Crippen molar-refractivity contribution in [1.82, 2.24) is 9.97 Å². The van der Waals surface area contributed by atoms with Gasteiger partial charge in [-0.2, -0.15) is 0 Å². The molecule has 0 aliphatic heterocycles. The Morgan fingerprint density at radius 3 is 2.36 bits per heavy atom. The molecule has 0 saturated heterocycles. The highest BCUT2D eigenvalue weighted by molar-refractivity contribution is 9.10. The third-order valence-corrected chi connectivity index (χ3v) is 4.24. The summed E-state index contributed by atoms with van der Waals surface area (Å²) in [5.74, 6) is 0.107. The van der Waals surface area contributed by atoms with Crippen LogP contribution < -0.4 is 10.6 Å². The SMILES string of the molecule is Cc1cccc(C)c1Nc1nccc(C(=O)Nc2ccc(Br)cc2)n1. The number of para-hydroxylation sites is 1. The lowest BCUT2D eigenvalue weighted by atomic mass is 10.1. The highest BCUT2D eigenvalue weighted by Gasteiger charge is 2.11. The van der Waals surface area contributed by atoms with Crippen molar-refractivity contribution in [2.75, 3.05) is 10.6 Å². The zero-order chi connectivity index (χ0) is 17.8. The van der Waals surface area contributed by atoms with Crippen molar-refractivity contribution in [3.05, 3.63) is 76.0 Å². The number of hydrogen-bond donors (Lipinski definition) is 2. The molecule has 1 amide bonds. The lowest BCUT2D eigenvalue weighted by Crippen LogP contribution is -2.14. The predicted octanol–water partition coefficient (Wildman–Crippen LogP) is 4.85. The van der Waals surface area contributed by atoms with Crippen molar-refractivity contribution in [3.63, 3.8) is 0 Å². The molecule has 3 rings (SSSR count). The number of carbonyl (C=O) groups excluding carboxylic acids is 1. The fourth-order valence-electron chi connectivity index (χ4n) is 2.40. The smallest absolute Gasteiger partial charge is 0.274 e. The highest BCUT2D eigenvalue weighted by atomic mass is 79.9. The first-order valence-electron chi connectivity index (χ1n) is 7.76. The molecule has 0 aliphatic rings. The number of nitrogens with one attached hydrogen (secondary N) is 2. The molecule has 5 nitrogen and oxygen atoms in total. The van der Waals surface area contributed by atoms with Crippen molar-refractivity contribution < 1.29 is 4.79 Å². The fraction of sp³-hybridized carbons (Fsp3) is 0.105. The number of halogens is 1. The Morgan fingerprint density at radius 1 is 1.00 bits per heavy atom. The Labute approximate surface area is 154 Å². The second-order valence-corrected chi connectivity index (χ2v) is 6.53. The van der Waals surface area contributed by atoms with Crippen LogP contribution in [0.4, 0.5) is 17.3 Å². The summed E-state index contributed by atoms with van der Waals surface area (Å²) in [4.78, 5) is 20.9. The van der Waals surface area contributed by atoms with Crippen molar-refractivity contribution >= 4 is 39.2 Å². The number of benzene rings is 2. The summed E-state index contributed by atoms with van der Waals surface area (Å²) in [6, 6.07) is 15.0. The number of anilines is 3. The molecular weight excluding hydrogens is 380 g/mol. The number of amides is 1. The van der Waals surface area contributed by atoms with Gasteiger partial charge in [-0.3, -0.25) is 4.79 Å². The van der Waals surface area contributed by atoms with Gasteiger partial charge >= 0.3 is 0 Å². The summed E-state index contributed by atoms with van der Waals surface area (Å²) in [6.07, 6.45) is 1.57. The molecule has 1 heterocycles. The second-order valence-electron chi connectivity index (χ2n) is 5.62. The summed E-state index contributed by atoms with van der Waals surface area (Å²) < 4.78 is 0.952. The standard InChI is InChI=1S/C19H17BrN4O/c1-12-4-3-5-13(2)17(12)24-19-21-11-10-16(23-19)18(25)22-15-8-6-14(20)7-9-15/h3-11H,1-2H3,(H,22,25)(H,21,23,24). The van der Waals surface area contributed by atoms with E-state index in [1.165, 1.54) is 0 Å². The molecule has 0 bridgehead atoms. The molecule has 1 aromatic heterocycles. The first kappa shape index (κ1) is 17.1. The van der Waals surface area contributed by atoms with Crippen LogP contribution in [-0.4, -0.2) is 15.9 Å². The topological polar surface area (TPSA) is 66.9 Å². The van der Waals surface area contributed by atoms with Crippen LogP contribution in [0.15, 0.2) is 59.2 Å². The van der Waals surface area contributed by atoms with E-state index in [1.807, 2.05) is 56.3 Å². The Hall–Kier alpha value is -2.73. The van der Waals surface area contributed by atoms with Gasteiger partial charge in [0.25, 0.3) is 5.91 Å². The zero-order valence-corrected chi connectivity index (χ0v) is 15.5. The monoisotopic (exact) mass is 396 g/mol. The Morgan fingerprint density at radius 2 is 1.68 bits per heavy atom. The molecular formula is C19H17BrN4O. The van der Waals surface area contributed by atoms with Crippen molar-refractivity contribution in [2.45, 2.75) is 13.8 Å². The van der Waals surface area contributed by atoms with E-state index < -0.39 is 0 Å². The molecule has 0 atom stereocenters. The Kier molecular flexibility index (Phi) is 5.09. The molecule has 0 spiro atoms. The maximum Gasteiger partial charge on any atom is 0.274 e. The summed E-state index contributed by atoms with van der Waals surface area (Å²) in [6.45, 7) is 4.03. The molecule has 126 valence electrons. The van der Waals surface area contributed by atoms with E-state index in [2.05, 4.69) is 36.5 Å². The Bertz CT molecular complexity index is 889. The van der Waals surface area contributed by atoms with E-state index in [9.17, 15) is 4.79 Å². The van der Waals surface area contributed by atoms with E-state index in [-0.39, 0.29) is 5.91 Å². The molecule has 0 aliphatic carbocycles. The van der Waals surface area contributed by atoms with E-state index in [0.717, 1.165) is 21.3 Å². The van der Waals surface area contributed by atoms with E-state index in [1.54, 1.807) is 12.3 Å². The summed E-state index contributed by atoms with van der Waals surface area (Å²) in [5, 5.41) is 6.02. The van der Waals surface area contributed by atoms with Gasteiger partial charge in [-0.25, -0.2) is 9.97 Å². The maximum absolute atomic E-state index is 12.4. The largest absolute Gasteiger partial charge is 0.324 e.